The summed E-state index contributed by atoms with van der Waals surface area (Å²) >= 11 is 1.22. The van der Waals surface area contributed by atoms with Crippen molar-refractivity contribution in [3.8, 4) is 6.07 Å². The molecule has 1 aromatic carbocycles. The fraction of sp³-hybridized carbons (Fsp3) is 0.286. The lowest BCUT2D eigenvalue weighted by Crippen LogP contribution is -2.26. The minimum absolute atomic E-state index is 0.243. The van der Waals surface area contributed by atoms with E-state index in [1.54, 1.807) is 31.3 Å². The molecule has 0 saturated heterocycles. The van der Waals surface area contributed by atoms with E-state index in [9.17, 15) is 4.79 Å². The third-order valence-corrected chi connectivity index (χ3v) is 3.67. The second-order valence-corrected chi connectivity index (χ2v) is 5.34. The van der Waals surface area contributed by atoms with Crippen LogP contribution in [0.4, 0.5) is 10.8 Å². The zero-order valence-electron chi connectivity index (χ0n) is 11.8. The zero-order valence-corrected chi connectivity index (χ0v) is 12.6. The van der Waals surface area contributed by atoms with Crippen molar-refractivity contribution < 1.29 is 4.79 Å². The summed E-state index contributed by atoms with van der Waals surface area (Å²) in [5.41, 5.74) is 1.16. The molecule has 1 heterocycles. The van der Waals surface area contributed by atoms with Gasteiger partial charge in [0.2, 0.25) is 10.1 Å². The van der Waals surface area contributed by atoms with Gasteiger partial charge in [-0.3, -0.25) is 4.79 Å². The van der Waals surface area contributed by atoms with Crippen LogP contribution in [0.5, 0.6) is 0 Å². The predicted octanol–water partition coefficient (Wildman–Crippen LogP) is 2.51. The molecule has 108 valence electrons. The Kier molecular flexibility index (Phi) is 4.85. The number of nitrogens with zero attached hydrogens (tertiary/aromatic N) is 4. The molecule has 7 heteroatoms. The van der Waals surface area contributed by atoms with Crippen molar-refractivity contribution in [3.05, 3.63) is 34.8 Å². The van der Waals surface area contributed by atoms with Crippen molar-refractivity contribution >= 4 is 28.1 Å². The van der Waals surface area contributed by atoms with Crippen LogP contribution in [0, 0.1) is 11.3 Å². The maximum absolute atomic E-state index is 12.4. The van der Waals surface area contributed by atoms with Crippen molar-refractivity contribution in [1.82, 2.24) is 10.2 Å². The van der Waals surface area contributed by atoms with Crippen molar-refractivity contribution in [3.63, 3.8) is 0 Å². The predicted molar refractivity (Wildman–Crippen MR) is 82.6 cm³/mol. The Morgan fingerprint density at radius 3 is 3.00 bits per heavy atom. The monoisotopic (exact) mass is 301 g/mol. The van der Waals surface area contributed by atoms with Crippen molar-refractivity contribution in [1.29, 1.82) is 5.26 Å². The smallest absolute Gasteiger partial charge is 0.289 e. The van der Waals surface area contributed by atoms with Crippen LogP contribution in [0.3, 0.4) is 0 Å². The van der Waals surface area contributed by atoms with E-state index in [-0.39, 0.29) is 5.91 Å². The summed E-state index contributed by atoms with van der Waals surface area (Å²) in [5, 5.41) is 20.8. The van der Waals surface area contributed by atoms with E-state index < -0.39 is 0 Å². The molecule has 0 radical (unpaired) electrons. The molecule has 1 N–H and O–H groups in total. The van der Waals surface area contributed by atoms with Gasteiger partial charge in [-0.2, -0.15) is 5.26 Å². The molecule has 0 fully saturated rings. The summed E-state index contributed by atoms with van der Waals surface area (Å²) in [6.45, 7) is 2.85. The Hall–Kier alpha value is -2.46. The van der Waals surface area contributed by atoms with Gasteiger partial charge >= 0.3 is 0 Å². The summed E-state index contributed by atoms with van der Waals surface area (Å²) in [6.07, 6.45) is 0.976. The van der Waals surface area contributed by atoms with Crippen molar-refractivity contribution in [2.45, 2.75) is 13.3 Å². The van der Waals surface area contributed by atoms with Crippen molar-refractivity contribution in [2.75, 3.05) is 23.8 Å². The Balaban J connectivity index is 2.15. The van der Waals surface area contributed by atoms with Crippen LogP contribution in [-0.2, 0) is 0 Å². The Bertz CT molecular complexity index is 676. The van der Waals surface area contributed by atoms with Crippen LogP contribution in [-0.4, -0.2) is 29.7 Å². The fourth-order valence-corrected chi connectivity index (χ4v) is 2.40. The first-order chi connectivity index (χ1) is 10.2. The number of anilines is 2. The third kappa shape index (κ3) is 3.55. The highest BCUT2D eigenvalue weighted by atomic mass is 32.1. The van der Waals surface area contributed by atoms with E-state index in [4.69, 9.17) is 5.26 Å². The molecule has 1 aromatic heterocycles. The van der Waals surface area contributed by atoms with Crippen LogP contribution in [0.25, 0.3) is 0 Å². The van der Waals surface area contributed by atoms with Gasteiger partial charge in [0.1, 0.15) is 0 Å². The van der Waals surface area contributed by atoms with E-state index in [1.807, 2.05) is 0 Å². The van der Waals surface area contributed by atoms with Crippen LogP contribution in [0.2, 0.25) is 0 Å². The lowest BCUT2D eigenvalue weighted by molar-refractivity contribution is 0.0992. The largest absolute Gasteiger partial charge is 0.360 e. The van der Waals surface area contributed by atoms with E-state index in [1.165, 1.54) is 16.2 Å². The van der Waals surface area contributed by atoms with Gasteiger partial charge in [0.25, 0.3) is 5.91 Å². The highest BCUT2D eigenvalue weighted by Gasteiger charge is 2.18. The molecule has 0 saturated carbocycles. The van der Waals surface area contributed by atoms with Gasteiger partial charge in [-0.1, -0.05) is 24.3 Å². The normalized spacial score (nSPS) is 9.95. The fourth-order valence-electron chi connectivity index (χ4n) is 1.66. The SMILES string of the molecule is CCCNc1nnc(C(=O)N(C)c2cccc(C#N)c2)s1. The number of nitrogens with one attached hydrogen (secondary N) is 1. The number of hydrogen-bond donors (Lipinski definition) is 1. The minimum atomic E-state index is -0.243. The second-order valence-electron chi connectivity index (χ2n) is 4.37. The number of aromatic nitrogens is 2. The topological polar surface area (TPSA) is 81.9 Å². The highest BCUT2D eigenvalue weighted by Crippen LogP contribution is 2.20. The average molecular weight is 301 g/mol. The summed E-state index contributed by atoms with van der Waals surface area (Å²) in [5.74, 6) is -0.243. The third-order valence-electron chi connectivity index (χ3n) is 2.80. The molecule has 0 spiro atoms. The summed E-state index contributed by atoms with van der Waals surface area (Å²) in [7, 11) is 1.65. The van der Waals surface area contributed by atoms with Gasteiger partial charge in [-0.25, -0.2) is 0 Å². The summed E-state index contributed by atoms with van der Waals surface area (Å²) in [4.78, 5) is 13.8. The molecule has 2 rings (SSSR count). The number of hydrogen-bond acceptors (Lipinski definition) is 6. The lowest BCUT2D eigenvalue weighted by Gasteiger charge is -2.15. The van der Waals surface area contributed by atoms with E-state index in [0.717, 1.165) is 13.0 Å². The number of amides is 1. The Morgan fingerprint density at radius 1 is 1.48 bits per heavy atom. The maximum atomic E-state index is 12.4. The number of benzene rings is 1. The van der Waals surface area contributed by atoms with Crippen LogP contribution < -0.4 is 10.2 Å². The summed E-state index contributed by atoms with van der Waals surface area (Å²) < 4.78 is 0. The van der Waals surface area contributed by atoms with Gasteiger partial charge < -0.3 is 10.2 Å². The van der Waals surface area contributed by atoms with E-state index >= 15 is 0 Å². The maximum Gasteiger partial charge on any atom is 0.289 e. The van der Waals surface area contributed by atoms with Crippen LogP contribution in [0.1, 0.15) is 28.7 Å². The summed E-state index contributed by atoms with van der Waals surface area (Å²) in [6, 6.07) is 8.93. The molecule has 6 nitrogen and oxygen atoms in total. The molecule has 2 aromatic rings. The quantitative estimate of drug-likeness (QED) is 0.917. The second kappa shape index (κ2) is 6.81. The first-order valence-corrected chi connectivity index (χ1v) is 7.33. The van der Waals surface area contributed by atoms with Gasteiger partial charge in [0, 0.05) is 19.3 Å². The Morgan fingerprint density at radius 2 is 2.29 bits per heavy atom. The standard InChI is InChI=1S/C14H15N5OS/c1-3-7-16-14-18-17-12(21-14)13(20)19(2)11-6-4-5-10(8-11)9-15/h4-6,8H,3,7H2,1-2H3,(H,16,18). The molecule has 0 atom stereocenters. The highest BCUT2D eigenvalue weighted by molar-refractivity contribution is 7.17. The van der Waals surface area contributed by atoms with Crippen molar-refractivity contribution in [2.24, 2.45) is 0 Å². The van der Waals surface area contributed by atoms with Gasteiger partial charge in [-0.05, 0) is 24.6 Å². The molecule has 1 amide bonds. The molecule has 0 aliphatic carbocycles. The van der Waals surface area contributed by atoms with Crippen LogP contribution >= 0.6 is 11.3 Å². The molecule has 0 bridgehead atoms. The number of rotatable bonds is 5. The zero-order chi connectivity index (χ0) is 15.2. The van der Waals surface area contributed by atoms with Crippen LogP contribution in [0.15, 0.2) is 24.3 Å². The first kappa shape index (κ1) is 14.9. The average Bonchev–Trinajstić information content (AvgIpc) is 3.00. The van der Waals surface area contributed by atoms with Gasteiger partial charge in [0.15, 0.2) is 0 Å². The van der Waals surface area contributed by atoms with Gasteiger partial charge in [0.05, 0.1) is 11.6 Å². The van der Waals surface area contributed by atoms with E-state index in [2.05, 4.69) is 28.5 Å². The molecule has 0 unspecified atom stereocenters. The Labute approximate surface area is 127 Å². The van der Waals surface area contributed by atoms with Gasteiger partial charge in [-0.15, -0.1) is 10.2 Å². The van der Waals surface area contributed by atoms with E-state index in [0.29, 0.717) is 21.4 Å². The lowest BCUT2D eigenvalue weighted by atomic mass is 10.2. The molecule has 21 heavy (non-hydrogen) atoms. The molecular weight excluding hydrogens is 286 g/mol. The number of nitriles is 1. The molecular formula is C14H15N5OS. The number of carbonyl (C=O) groups excluding carboxylic acids is 1. The minimum Gasteiger partial charge on any atom is -0.360 e. The molecule has 0 aliphatic heterocycles. The number of carbonyl (C=O) groups is 1. The molecule has 0 aliphatic rings. The first-order valence-electron chi connectivity index (χ1n) is 6.51.